The summed E-state index contributed by atoms with van der Waals surface area (Å²) in [6, 6.07) is 7.07. The summed E-state index contributed by atoms with van der Waals surface area (Å²) in [5.41, 5.74) is 5.99. The number of carbonyl (C=O) groups excluding carboxylic acids is 1. The van der Waals surface area contributed by atoms with Gasteiger partial charge in [-0.15, -0.1) is 5.10 Å². The van der Waals surface area contributed by atoms with Crippen LogP contribution < -0.4 is 10.5 Å². The maximum absolute atomic E-state index is 12.0. The highest BCUT2D eigenvalue weighted by Gasteiger charge is 2.24. The fourth-order valence-electron chi connectivity index (χ4n) is 1.68. The number of nitrogens with two attached hydrogens (primary N) is 1. The number of rotatable bonds is 3. The minimum atomic E-state index is -0.618. The Kier molecular flexibility index (Phi) is 3.84. The van der Waals surface area contributed by atoms with E-state index in [-0.39, 0.29) is 11.5 Å². The van der Waals surface area contributed by atoms with E-state index >= 15 is 0 Å². The van der Waals surface area contributed by atoms with Gasteiger partial charge in [-0.2, -0.15) is 4.68 Å². The van der Waals surface area contributed by atoms with Crippen molar-refractivity contribution in [2.75, 3.05) is 12.8 Å². The number of hydrogen-bond donors (Lipinski definition) is 1. The van der Waals surface area contributed by atoms with E-state index < -0.39 is 11.6 Å². The molecule has 1 aromatic carbocycles. The van der Waals surface area contributed by atoms with Crippen molar-refractivity contribution in [2.45, 2.75) is 26.4 Å². The number of esters is 1. The minimum Gasteiger partial charge on any atom is -0.497 e. The molecule has 0 atom stereocenters. The van der Waals surface area contributed by atoms with Crippen molar-refractivity contribution in [3.05, 3.63) is 30.0 Å². The number of hydrogen-bond acceptors (Lipinski definition) is 6. The van der Waals surface area contributed by atoms with Crippen LogP contribution >= 0.6 is 0 Å². The molecule has 2 N–H and O–H groups in total. The number of anilines is 1. The lowest BCUT2D eigenvalue weighted by atomic mass is 10.2. The maximum Gasteiger partial charge on any atom is 0.363 e. The Morgan fingerprint density at radius 1 is 1.24 bits per heavy atom. The van der Waals surface area contributed by atoms with Crippen molar-refractivity contribution < 1.29 is 14.3 Å². The molecule has 0 fully saturated rings. The molecular weight excluding hydrogens is 272 g/mol. The van der Waals surface area contributed by atoms with Crippen LogP contribution in [0.2, 0.25) is 0 Å². The molecule has 0 unspecified atom stereocenters. The third-order valence-electron chi connectivity index (χ3n) is 2.61. The molecule has 21 heavy (non-hydrogen) atoms. The summed E-state index contributed by atoms with van der Waals surface area (Å²) in [5, 5.41) is 7.69. The molecule has 0 saturated carbocycles. The number of methoxy groups -OCH3 is 1. The standard InChI is InChI=1S/C14H18N4O3/c1-14(2,3)21-13(19)11-12(15)18(17-16-11)9-5-7-10(20-4)8-6-9/h5-8H,15H2,1-4H3. The fourth-order valence-corrected chi connectivity index (χ4v) is 1.68. The van der Waals surface area contributed by atoms with Gasteiger partial charge < -0.3 is 15.2 Å². The van der Waals surface area contributed by atoms with Gasteiger partial charge in [0.05, 0.1) is 12.8 Å². The van der Waals surface area contributed by atoms with Crippen LogP contribution in [0.25, 0.3) is 5.69 Å². The zero-order chi connectivity index (χ0) is 15.6. The fraction of sp³-hybridized carbons (Fsp3) is 0.357. The molecule has 112 valence electrons. The van der Waals surface area contributed by atoms with Gasteiger partial charge in [0.25, 0.3) is 0 Å². The molecule has 0 aliphatic rings. The van der Waals surface area contributed by atoms with Crippen LogP contribution in [0.4, 0.5) is 5.82 Å². The van der Waals surface area contributed by atoms with Crippen LogP contribution in [0.3, 0.4) is 0 Å². The summed E-state index contributed by atoms with van der Waals surface area (Å²) in [6.45, 7) is 5.32. The van der Waals surface area contributed by atoms with Crippen molar-refractivity contribution in [1.29, 1.82) is 0 Å². The van der Waals surface area contributed by atoms with Gasteiger partial charge in [-0.3, -0.25) is 0 Å². The first-order chi connectivity index (χ1) is 9.81. The van der Waals surface area contributed by atoms with Crippen molar-refractivity contribution in [1.82, 2.24) is 15.0 Å². The first-order valence-electron chi connectivity index (χ1n) is 6.41. The molecular formula is C14H18N4O3. The van der Waals surface area contributed by atoms with E-state index in [1.807, 2.05) is 0 Å². The zero-order valence-corrected chi connectivity index (χ0v) is 12.5. The lowest BCUT2D eigenvalue weighted by Gasteiger charge is -2.18. The minimum absolute atomic E-state index is 0.000688. The second-order valence-electron chi connectivity index (χ2n) is 5.44. The molecule has 7 heteroatoms. The van der Waals surface area contributed by atoms with Gasteiger partial charge in [0, 0.05) is 0 Å². The molecule has 2 rings (SSSR count). The SMILES string of the molecule is COc1ccc(-n2nnc(C(=O)OC(C)(C)C)c2N)cc1. The summed E-state index contributed by atoms with van der Waals surface area (Å²) in [7, 11) is 1.58. The van der Waals surface area contributed by atoms with Crippen LogP contribution in [0.15, 0.2) is 24.3 Å². The third-order valence-corrected chi connectivity index (χ3v) is 2.61. The van der Waals surface area contributed by atoms with E-state index in [4.69, 9.17) is 15.2 Å². The first-order valence-corrected chi connectivity index (χ1v) is 6.41. The molecule has 1 aromatic heterocycles. The molecule has 0 radical (unpaired) electrons. The van der Waals surface area contributed by atoms with Gasteiger partial charge in [0.15, 0.2) is 5.82 Å². The summed E-state index contributed by atoms with van der Waals surface area (Å²) < 4.78 is 11.7. The van der Waals surface area contributed by atoms with E-state index in [0.29, 0.717) is 11.4 Å². The Hall–Kier alpha value is -2.57. The van der Waals surface area contributed by atoms with Crippen molar-refractivity contribution in [2.24, 2.45) is 0 Å². The molecule has 2 aromatic rings. The second kappa shape index (κ2) is 5.43. The number of carbonyl (C=O) groups is 1. The van der Waals surface area contributed by atoms with Crippen LogP contribution in [0.5, 0.6) is 5.75 Å². The molecule has 0 aliphatic heterocycles. The topological polar surface area (TPSA) is 92.3 Å². The largest absolute Gasteiger partial charge is 0.497 e. The quantitative estimate of drug-likeness (QED) is 0.867. The van der Waals surface area contributed by atoms with Crippen molar-refractivity contribution in [3.63, 3.8) is 0 Å². The highest BCUT2D eigenvalue weighted by atomic mass is 16.6. The van der Waals surface area contributed by atoms with E-state index in [1.54, 1.807) is 52.1 Å². The van der Waals surface area contributed by atoms with E-state index in [1.165, 1.54) is 4.68 Å². The van der Waals surface area contributed by atoms with Gasteiger partial charge in [-0.05, 0) is 45.0 Å². The van der Waals surface area contributed by atoms with Gasteiger partial charge in [0.2, 0.25) is 5.69 Å². The molecule has 0 amide bonds. The molecule has 0 bridgehead atoms. The number of nitrogen functional groups attached to an aromatic ring is 1. The van der Waals surface area contributed by atoms with Crippen LogP contribution in [-0.4, -0.2) is 33.7 Å². The average molecular weight is 290 g/mol. The summed E-state index contributed by atoms with van der Waals surface area (Å²) >= 11 is 0. The smallest absolute Gasteiger partial charge is 0.363 e. The Bertz CT molecular complexity index is 641. The highest BCUT2D eigenvalue weighted by molar-refractivity contribution is 5.92. The third kappa shape index (κ3) is 3.31. The normalized spacial score (nSPS) is 11.2. The van der Waals surface area contributed by atoms with E-state index in [9.17, 15) is 4.79 Å². The van der Waals surface area contributed by atoms with Gasteiger partial charge in [-0.25, -0.2) is 4.79 Å². The lowest BCUT2D eigenvalue weighted by molar-refractivity contribution is 0.00640. The molecule has 0 saturated heterocycles. The monoisotopic (exact) mass is 290 g/mol. The van der Waals surface area contributed by atoms with Crippen LogP contribution in [0.1, 0.15) is 31.3 Å². The Morgan fingerprint density at radius 3 is 2.38 bits per heavy atom. The maximum atomic E-state index is 12.0. The van der Waals surface area contributed by atoms with Crippen LogP contribution in [0, 0.1) is 0 Å². The van der Waals surface area contributed by atoms with Crippen molar-refractivity contribution in [3.8, 4) is 11.4 Å². The summed E-state index contributed by atoms with van der Waals surface area (Å²) in [4.78, 5) is 12.0. The predicted octanol–water partition coefficient (Wildman–Crippen LogP) is 1.81. The number of benzene rings is 1. The second-order valence-corrected chi connectivity index (χ2v) is 5.44. The van der Waals surface area contributed by atoms with Gasteiger partial charge in [0.1, 0.15) is 11.4 Å². The first kappa shape index (κ1) is 14.8. The number of aromatic nitrogens is 3. The highest BCUT2D eigenvalue weighted by Crippen LogP contribution is 2.20. The molecule has 0 spiro atoms. The molecule has 0 aliphatic carbocycles. The Morgan fingerprint density at radius 2 is 1.86 bits per heavy atom. The number of nitrogens with zero attached hydrogens (tertiary/aromatic N) is 3. The summed E-state index contributed by atoms with van der Waals surface area (Å²) in [5.74, 6) is 0.249. The Balaban J connectivity index is 2.29. The van der Waals surface area contributed by atoms with Gasteiger partial charge in [-0.1, -0.05) is 5.21 Å². The predicted molar refractivity (Wildman–Crippen MR) is 77.5 cm³/mol. The molecule has 7 nitrogen and oxygen atoms in total. The molecule has 1 heterocycles. The van der Waals surface area contributed by atoms with Crippen molar-refractivity contribution >= 4 is 11.8 Å². The van der Waals surface area contributed by atoms with E-state index in [0.717, 1.165) is 0 Å². The zero-order valence-electron chi connectivity index (χ0n) is 12.5. The number of ether oxygens (including phenoxy) is 2. The van der Waals surface area contributed by atoms with Crippen LogP contribution in [-0.2, 0) is 4.74 Å². The Labute approximate surface area is 122 Å². The van der Waals surface area contributed by atoms with Gasteiger partial charge >= 0.3 is 5.97 Å². The lowest BCUT2D eigenvalue weighted by Crippen LogP contribution is -2.24. The summed E-state index contributed by atoms with van der Waals surface area (Å²) in [6.07, 6.45) is 0. The van der Waals surface area contributed by atoms with E-state index in [2.05, 4.69) is 10.3 Å². The average Bonchev–Trinajstić information content (AvgIpc) is 2.79.